The van der Waals surface area contributed by atoms with E-state index in [1.807, 2.05) is 17.0 Å². The van der Waals surface area contributed by atoms with E-state index in [0.717, 1.165) is 49.7 Å². The van der Waals surface area contributed by atoms with Crippen molar-refractivity contribution in [2.45, 2.75) is 38.6 Å². The van der Waals surface area contributed by atoms with Gasteiger partial charge in [0.15, 0.2) is 5.11 Å². The number of carbonyl (C=O) groups is 1. The average Bonchev–Trinajstić information content (AvgIpc) is 2.69. The maximum atomic E-state index is 12.6. The maximum absolute atomic E-state index is 12.6. The number of carbonyl (C=O) groups excluding carboxylic acids is 1. The van der Waals surface area contributed by atoms with Gasteiger partial charge in [0.05, 0.1) is 10.0 Å². The van der Waals surface area contributed by atoms with E-state index in [-0.39, 0.29) is 5.92 Å². The van der Waals surface area contributed by atoms with Gasteiger partial charge in [0.2, 0.25) is 5.91 Å². The first-order valence-electron chi connectivity index (χ1n) is 9.30. The summed E-state index contributed by atoms with van der Waals surface area (Å²) in [5.74, 6) is 0.592. The van der Waals surface area contributed by atoms with Crippen LogP contribution in [0.1, 0.15) is 37.7 Å². The van der Waals surface area contributed by atoms with Crippen LogP contribution in [0.5, 0.6) is 0 Å². The van der Waals surface area contributed by atoms with Crippen molar-refractivity contribution in [1.29, 1.82) is 0 Å². The molecule has 1 heterocycles. The number of amides is 1. The largest absolute Gasteiger partial charge is 0.358 e. The quantitative estimate of drug-likeness (QED) is 0.756. The second-order valence-corrected chi connectivity index (χ2v) is 8.26. The Bertz CT molecular complexity index is 656. The van der Waals surface area contributed by atoms with Gasteiger partial charge in [-0.3, -0.25) is 4.79 Å². The lowest BCUT2D eigenvalue weighted by Gasteiger charge is -2.38. The molecule has 1 aliphatic heterocycles. The van der Waals surface area contributed by atoms with Crippen LogP contribution >= 0.6 is 35.4 Å². The summed E-state index contributed by atoms with van der Waals surface area (Å²) in [7, 11) is 0. The Balaban J connectivity index is 1.44. The summed E-state index contributed by atoms with van der Waals surface area (Å²) in [5, 5.41) is 5.10. The van der Waals surface area contributed by atoms with Crippen LogP contribution in [0.4, 0.5) is 0 Å². The van der Waals surface area contributed by atoms with Crippen LogP contribution in [0.25, 0.3) is 0 Å². The van der Waals surface area contributed by atoms with E-state index in [4.69, 9.17) is 35.4 Å². The molecule has 1 N–H and O–H groups in total. The average molecular weight is 414 g/mol. The van der Waals surface area contributed by atoms with Crippen LogP contribution in [0, 0.1) is 5.92 Å². The third-order valence-electron chi connectivity index (χ3n) is 5.26. The molecule has 0 atom stereocenters. The van der Waals surface area contributed by atoms with E-state index in [1.54, 1.807) is 6.07 Å². The Morgan fingerprint density at radius 1 is 1.04 bits per heavy atom. The Labute approximate surface area is 170 Å². The number of nitrogens with zero attached hydrogens (tertiary/aromatic N) is 2. The third-order valence-corrected chi connectivity index (χ3v) is 6.40. The number of hydrogen-bond acceptors (Lipinski definition) is 2. The lowest BCUT2D eigenvalue weighted by atomic mass is 9.88. The van der Waals surface area contributed by atoms with E-state index >= 15 is 0 Å². The summed E-state index contributed by atoms with van der Waals surface area (Å²) in [5.41, 5.74) is 1.04. The normalized spacial score (nSPS) is 18.7. The zero-order chi connectivity index (χ0) is 18.5. The van der Waals surface area contributed by atoms with E-state index in [1.165, 1.54) is 19.3 Å². The summed E-state index contributed by atoms with van der Waals surface area (Å²) in [6.07, 6.45) is 5.78. The molecule has 1 saturated heterocycles. The van der Waals surface area contributed by atoms with E-state index in [2.05, 4.69) is 10.2 Å². The van der Waals surface area contributed by atoms with Gasteiger partial charge in [-0.15, -0.1) is 0 Å². The number of piperazine rings is 1. The molecular formula is C19H25Cl2N3OS. The van der Waals surface area contributed by atoms with Crippen molar-refractivity contribution in [3.63, 3.8) is 0 Å². The molecule has 0 aromatic heterocycles. The van der Waals surface area contributed by atoms with Crippen LogP contribution in [0.2, 0.25) is 10.0 Å². The molecular weight excluding hydrogens is 389 g/mol. The van der Waals surface area contributed by atoms with Crippen molar-refractivity contribution in [2.75, 3.05) is 26.2 Å². The number of hydrogen-bond donors (Lipinski definition) is 1. The highest BCUT2D eigenvalue weighted by Gasteiger charge is 2.28. The second kappa shape index (κ2) is 9.25. The standard InChI is InChI=1S/C19H25Cl2N3OS/c20-16-7-6-14(12-17(16)21)13-22-19(26)24-10-8-23(9-11-24)18(25)15-4-2-1-3-5-15/h6-7,12,15H,1-5,8-11,13H2,(H,22,26). The van der Waals surface area contributed by atoms with Crippen molar-refractivity contribution in [1.82, 2.24) is 15.1 Å². The molecule has 1 saturated carbocycles. The third kappa shape index (κ3) is 5.02. The fraction of sp³-hybridized carbons (Fsp3) is 0.579. The molecule has 4 nitrogen and oxygen atoms in total. The summed E-state index contributed by atoms with van der Waals surface area (Å²) >= 11 is 17.5. The molecule has 7 heteroatoms. The Hall–Kier alpha value is -1.04. The number of halogens is 2. The van der Waals surface area contributed by atoms with E-state index < -0.39 is 0 Å². The SMILES string of the molecule is O=C(C1CCCCC1)N1CCN(C(=S)NCc2ccc(Cl)c(Cl)c2)CC1. The molecule has 2 fully saturated rings. The van der Waals surface area contributed by atoms with Gasteiger partial charge in [-0.05, 0) is 42.8 Å². The molecule has 0 bridgehead atoms. The first kappa shape index (κ1) is 19.7. The fourth-order valence-corrected chi connectivity index (χ4v) is 4.25. The van der Waals surface area contributed by atoms with Gasteiger partial charge in [0.1, 0.15) is 0 Å². The summed E-state index contributed by atoms with van der Waals surface area (Å²) < 4.78 is 0. The molecule has 2 aliphatic rings. The fourth-order valence-electron chi connectivity index (χ4n) is 3.68. The smallest absolute Gasteiger partial charge is 0.225 e. The Morgan fingerprint density at radius 3 is 2.35 bits per heavy atom. The molecule has 142 valence electrons. The van der Waals surface area contributed by atoms with E-state index in [0.29, 0.717) is 22.5 Å². The van der Waals surface area contributed by atoms with Crippen LogP contribution in [-0.4, -0.2) is 47.0 Å². The minimum absolute atomic E-state index is 0.245. The number of benzene rings is 1. The summed E-state index contributed by atoms with van der Waals surface area (Å²) in [6.45, 7) is 3.68. The number of nitrogens with one attached hydrogen (secondary N) is 1. The van der Waals surface area contributed by atoms with Crippen LogP contribution in [0.15, 0.2) is 18.2 Å². The monoisotopic (exact) mass is 413 g/mol. The highest BCUT2D eigenvalue weighted by molar-refractivity contribution is 7.80. The van der Waals surface area contributed by atoms with Crippen LogP contribution in [0.3, 0.4) is 0 Å². The lowest BCUT2D eigenvalue weighted by molar-refractivity contribution is -0.137. The first-order valence-corrected chi connectivity index (χ1v) is 10.5. The molecule has 0 spiro atoms. The van der Waals surface area contributed by atoms with Crippen molar-refractivity contribution in [3.05, 3.63) is 33.8 Å². The van der Waals surface area contributed by atoms with Gasteiger partial charge < -0.3 is 15.1 Å². The van der Waals surface area contributed by atoms with Gasteiger partial charge in [0, 0.05) is 38.6 Å². The van der Waals surface area contributed by atoms with E-state index in [9.17, 15) is 4.79 Å². The molecule has 26 heavy (non-hydrogen) atoms. The molecule has 1 aliphatic carbocycles. The van der Waals surface area contributed by atoms with Crippen molar-refractivity contribution in [2.24, 2.45) is 5.92 Å². The molecule has 1 aromatic rings. The number of rotatable bonds is 3. The van der Waals surface area contributed by atoms with Gasteiger partial charge in [-0.25, -0.2) is 0 Å². The maximum Gasteiger partial charge on any atom is 0.225 e. The van der Waals surface area contributed by atoms with Crippen molar-refractivity contribution < 1.29 is 4.79 Å². The van der Waals surface area contributed by atoms with Crippen LogP contribution in [-0.2, 0) is 11.3 Å². The summed E-state index contributed by atoms with van der Waals surface area (Å²) in [6, 6.07) is 5.57. The topological polar surface area (TPSA) is 35.6 Å². The van der Waals surface area contributed by atoms with Crippen molar-refractivity contribution in [3.8, 4) is 0 Å². The molecule has 0 radical (unpaired) electrons. The predicted molar refractivity (Wildman–Crippen MR) is 111 cm³/mol. The van der Waals surface area contributed by atoms with Gasteiger partial charge >= 0.3 is 0 Å². The highest BCUT2D eigenvalue weighted by Crippen LogP contribution is 2.26. The highest BCUT2D eigenvalue weighted by atomic mass is 35.5. The Morgan fingerprint density at radius 2 is 1.69 bits per heavy atom. The molecule has 1 amide bonds. The Kier molecular flexibility index (Phi) is 7.01. The molecule has 0 unspecified atom stereocenters. The number of thiocarbonyl (C=S) groups is 1. The predicted octanol–water partition coefficient (Wildman–Crippen LogP) is 4.09. The minimum atomic E-state index is 0.245. The van der Waals surface area contributed by atoms with Gasteiger partial charge in [-0.1, -0.05) is 48.5 Å². The lowest BCUT2D eigenvalue weighted by Crippen LogP contribution is -2.54. The van der Waals surface area contributed by atoms with Crippen molar-refractivity contribution >= 4 is 46.4 Å². The van der Waals surface area contributed by atoms with Crippen LogP contribution < -0.4 is 5.32 Å². The zero-order valence-electron chi connectivity index (χ0n) is 14.8. The summed E-state index contributed by atoms with van der Waals surface area (Å²) in [4.78, 5) is 16.8. The molecule has 3 rings (SSSR count). The molecule has 1 aromatic carbocycles. The van der Waals surface area contributed by atoms with Gasteiger partial charge in [-0.2, -0.15) is 0 Å². The zero-order valence-corrected chi connectivity index (χ0v) is 17.2. The first-order chi connectivity index (χ1) is 12.5. The second-order valence-electron chi connectivity index (χ2n) is 7.05. The van der Waals surface area contributed by atoms with Gasteiger partial charge in [0.25, 0.3) is 0 Å². The minimum Gasteiger partial charge on any atom is -0.358 e.